The molecule has 0 atom stereocenters. The largest absolute Gasteiger partial charge is 0.368 e. The molecule has 0 radical (unpaired) electrons. The van der Waals surface area contributed by atoms with E-state index in [1.54, 1.807) is 0 Å². The summed E-state index contributed by atoms with van der Waals surface area (Å²) < 4.78 is 24.7. The van der Waals surface area contributed by atoms with Crippen LogP contribution in [-0.4, -0.2) is 26.6 Å². The van der Waals surface area contributed by atoms with Crippen molar-refractivity contribution < 1.29 is 13.2 Å². The number of nitrogens with two attached hydrogens (primary N) is 1. The monoisotopic (exact) mass is 310 g/mol. The highest BCUT2D eigenvalue weighted by atomic mass is 35.5. The number of nitrogens with zero attached hydrogens (tertiary/aromatic N) is 1. The fourth-order valence-electron chi connectivity index (χ4n) is 1.33. The average Bonchev–Trinajstić information content (AvgIpc) is 2.24. The van der Waals surface area contributed by atoms with Crippen molar-refractivity contribution in [3.63, 3.8) is 0 Å². The molecule has 1 aromatic rings. The van der Waals surface area contributed by atoms with Crippen LogP contribution in [0.2, 0.25) is 10.0 Å². The normalized spacial score (nSPS) is 11.3. The first-order chi connectivity index (χ1) is 8.26. The van der Waals surface area contributed by atoms with Gasteiger partial charge in [-0.15, -0.1) is 0 Å². The van der Waals surface area contributed by atoms with E-state index in [1.807, 2.05) is 0 Å². The van der Waals surface area contributed by atoms with Gasteiger partial charge in [0.05, 0.1) is 11.4 Å². The molecule has 0 aliphatic heterocycles. The lowest BCUT2D eigenvalue weighted by Crippen LogP contribution is -2.39. The van der Waals surface area contributed by atoms with Crippen molar-refractivity contribution >= 4 is 44.8 Å². The highest BCUT2D eigenvalue weighted by Gasteiger charge is 2.23. The Morgan fingerprint density at radius 1 is 1.28 bits per heavy atom. The van der Waals surface area contributed by atoms with Gasteiger partial charge in [0.1, 0.15) is 6.54 Å². The third kappa shape index (κ3) is 3.76. The van der Waals surface area contributed by atoms with Crippen LogP contribution < -0.4 is 10.0 Å². The van der Waals surface area contributed by atoms with Crippen molar-refractivity contribution in [1.82, 2.24) is 0 Å². The highest BCUT2D eigenvalue weighted by molar-refractivity contribution is 7.92. The molecule has 0 unspecified atom stereocenters. The SMILES string of the molecule is CCS(=O)(=O)N(CC(N)=O)c1cc(Cl)cc(Cl)c1. The standard InChI is InChI=1S/C10H12Cl2N2O3S/c1-2-18(16,17)14(6-10(13)15)9-4-7(11)3-8(12)5-9/h3-5H,2,6H2,1H3,(H2,13,15). The molecule has 0 saturated heterocycles. The summed E-state index contributed by atoms with van der Waals surface area (Å²) in [6.07, 6.45) is 0. The summed E-state index contributed by atoms with van der Waals surface area (Å²) in [6.45, 7) is 1.02. The Balaban J connectivity index is 3.30. The Bertz CT molecular complexity index is 540. The van der Waals surface area contributed by atoms with E-state index >= 15 is 0 Å². The number of sulfonamides is 1. The molecule has 1 rings (SSSR count). The lowest BCUT2D eigenvalue weighted by Gasteiger charge is -2.22. The fraction of sp³-hybridized carbons (Fsp3) is 0.300. The topological polar surface area (TPSA) is 80.5 Å². The molecule has 2 N–H and O–H groups in total. The molecular weight excluding hydrogens is 299 g/mol. The molecule has 0 saturated carbocycles. The van der Waals surface area contributed by atoms with E-state index < -0.39 is 22.5 Å². The Morgan fingerprint density at radius 2 is 1.78 bits per heavy atom. The zero-order valence-corrected chi connectivity index (χ0v) is 11.9. The van der Waals surface area contributed by atoms with Gasteiger partial charge in [-0.3, -0.25) is 9.10 Å². The smallest absolute Gasteiger partial charge is 0.238 e. The van der Waals surface area contributed by atoms with E-state index in [1.165, 1.54) is 25.1 Å². The minimum absolute atomic E-state index is 0.162. The van der Waals surface area contributed by atoms with Crippen molar-refractivity contribution in [2.24, 2.45) is 5.73 Å². The zero-order valence-electron chi connectivity index (χ0n) is 9.56. The first-order valence-electron chi connectivity index (χ1n) is 5.01. The van der Waals surface area contributed by atoms with Crippen LogP contribution in [0.3, 0.4) is 0 Å². The molecule has 8 heteroatoms. The number of anilines is 1. The van der Waals surface area contributed by atoms with Gasteiger partial charge in [-0.1, -0.05) is 23.2 Å². The van der Waals surface area contributed by atoms with Gasteiger partial charge in [-0.25, -0.2) is 8.42 Å². The zero-order chi connectivity index (χ0) is 13.9. The van der Waals surface area contributed by atoms with E-state index in [9.17, 15) is 13.2 Å². The third-order valence-corrected chi connectivity index (χ3v) is 4.31. The molecule has 0 aliphatic rings. The number of primary amides is 1. The molecule has 100 valence electrons. The molecule has 1 aromatic carbocycles. The van der Waals surface area contributed by atoms with Crippen LogP contribution in [0.15, 0.2) is 18.2 Å². The van der Waals surface area contributed by atoms with Crippen LogP contribution in [0, 0.1) is 0 Å². The van der Waals surface area contributed by atoms with E-state index in [2.05, 4.69) is 0 Å². The molecule has 5 nitrogen and oxygen atoms in total. The summed E-state index contributed by atoms with van der Waals surface area (Å²) in [5.74, 6) is -0.923. The Kier molecular flexibility index (Phi) is 4.84. The van der Waals surface area contributed by atoms with Crippen LogP contribution in [-0.2, 0) is 14.8 Å². The van der Waals surface area contributed by atoms with Gasteiger partial charge in [-0.2, -0.15) is 0 Å². The van der Waals surface area contributed by atoms with Crippen molar-refractivity contribution in [2.45, 2.75) is 6.92 Å². The number of benzene rings is 1. The molecule has 0 heterocycles. The van der Waals surface area contributed by atoms with Crippen LogP contribution in [0.5, 0.6) is 0 Å². The van der Waals surface area contributed by atoms with Gasteiger partial charge in [0, 0.05) is 10.0 Å². The second kappa shape index (κ2) is 5.77. The predicted octanol–water partition coefficient (Wildman–Crippen LogP) is 1.63. The van der Waals surface area contributed by atoms with Gasteiger partial charge in [-0.05, 0) is 25.1 Å². The molecule has 0 aromatic heterocycles. The summed E-state index contributed by atoms with van der Waals surface area (Å²) in [4.78, 5) is 11.0. The maximum absolute atomic E-state index is 11.9. The van der Waals surface area contributed by atoms with Crippen LogP contribution in [0.4, 0.5) is 5.69 Å². The summed E-state index contributed by atoms with van der Waals surface area (Å²) >= 11 is 11.6. The van der Waals surface area contributed by atoms with E-state index in [-0.39, 0.29) is 21.5 Å². The lowest BCUT2D eigenvalue weighted by molar-refractivity contribution is -0.116. The molecule has 0 spiro atoms. The number of amides is 1. The van der Waals surface area contributed by atoms with Gasteiger partial charge < -0.3 is 5.73 Å². The van der Waals surface area contributed by atoms with Crippen LogP contribution in [0.25, 0.3) is 0 Å². The minimum atomic E-state index is -3.63. The van der Waals surface area contributed by atoms with E-state index in [0.29, 0.717) is 0 Å². The van der Waals surface area contributed by atoms with Gasteiger partial charge in [0.15, 0.2) is 0 Å². The highest BCUT2D eigenvalue weighted by Crippen LogP contribution is 2.27. The van der Waals surface area contributed by atoms with Gasteiger partial charge in [0.2, 0.25) is 15.9 Å². The van der Waals surface area contributed by atoms with Crippen molar-refractivity contribution in [3.8, 4) is 0 Å². The first-order valence-corrected chi connectivity index (χ1v) is 7.37. The molecule has 0 fully saturated rings. The number of hydrogen-bond donors (Lipinski definition) is 1. The third-order valence-electron chi connectivity index (χ3n) is 2.14. The summed E-state index contributed by atoms with van der Waals surface area (Å²) in [7, 11) is -3.63. The van der Waals surface area contributed by atoms with Crippen LogP contribution in [0.1, 0.15) is 6.92 Å². The average molecular weight is 311 g/mol. The van der Waals surface area contributed by atoms with Crippen molar-refractivity contribution in [1.29, 1.82) is 0 Å². The van der Waals surface area contributed by atoms with Gasteiger partial charge in [0.25, 0.3) is 0 Å². The Hall–Kier alpha value is -0.980. The number of carbonyl (C=O) groups excluding carboxylic acids is 1. The first kappa shape index (κ1) is 15.1. The second-order valence-corrected chi connectivity index (χ2v) is 6.56. The molecular formula is C10H12Cl2N2O3S. The molecule has 0 aliphatic carbocycles. The van der Waals surface area contributed by atoms with Crippen molar-refractivity contribution in [2.75, 3.05) is 16.6 Å². The molecule has 0 bridgehead atoms. The second-order valence-electron chi connectivity index (χ2n) is 3.50. The quantitative estimate of drug-likeness (QED) is 0.897. The van der Waals surface area contributed by atoms with E-state index in [0.717, 1.165) is 4.31 Å². The molecule has 1 amide bonds. The maximum Gasteiger partial charge on any atom is 0.238 e. The summed E-state index contributed by atoms with van der Waals surface area (Å²) in [5.41, 5.74) is 5.26. The maximum atomic E-state index is 11.9. The number of hydrogen-bond acceptors (Lipinski definition) is 3. The Morgan fingerprint density at radius 3 is 2.17 bits per heavy atom. The van der Waals surface area contributed by atoms with Crippen molar-refractivity contribution in [3.05, 3.63) is 28.2 Å². The number of carbonyl (C=O) groups is 1. The summed E-state index contributed by atoms with van der Waals surface area (Å²) in [6, 6.07) is 4.28. The van der Waals surface area contributed by atoms with Gasteiger partial charge >= 0.3 is 0 Å². The van der Waals surface area contributed by atoms with Crippen LogP contribution >= 0.6 is 23.2 Å². The number of halogens is 2. The fourth-order valence-corrected chi connectivity index (χ4v) is 2.91. The molecule has 18 heavy (non-hydrogen) atoms. The minimum Gasteiger partial charge on any atom is -0.368 e. The number of rotatable bonds is 5. The summed E-state index contributed by atoms with van der Waals surface area (Å²) in [5, 5.41) is 0.552. The Labute approximate surface area is 116 Å². The predicted molar refractivity (Wildman–Crippen MR) is 72.5 cm³/mol. The van der Waals surface area contributed by atoms with E-state index in [4.69, 9.17) is 28.9 Å². The lowest BCUT2D eigenvalue weighted by atomic mass is 10.3.